The predicted octanol–water partition coefficient (Wildman–Crippen LogP) is 3.05. The van der Waals surface area contributed by atoms with Crippen LogP contribution in [0.25, 0.3) is 11.8 Å². The lowest BCUT2D eigenvalue weighted by Gasteiger charge is -2.21. The Hall–Kier alpha value is -2.10. The molecular formula is C21H30N2O2. The molecule has 2 rings (SSSR count). The van der Waals surface area contributed by atoms with Crippen LogP contribution >= 0.6 is 0 Å². The summed E-state index contributed by atoms with van der Waals surface area (Å²) in [6.07, 6.45) is 7.93. The molecule has 2 N–H and O–H groups in total. The standard InChI is InChI=1S/C21H30N2O2/c1-4-6-11-19(24)22-18-10-8-9-17-16(18)14-13-15(3)21(17)23-20(25)12-7-5-2/h8-10,14-15H,4-7,11-13H2,1-3H3,(H,22,24)(H,23,25)/t15-/m1/s1. The number of rotatable bonds is 8. The van der Waals surface area contributed by atoms with Gasteiger partial charge < -0.3 is 10.6 Å². The Bertz CT molecular complexity index is 737. The molecule has 0 aliphatic heterocycles. The first-order valence-corrected chi connectivity index (χ1v) is 9.49. The van der Waals surface area contributed by atoms with Crippen molar-refractivity contribution in [2.75, 3.05) is 5.32 Å². The van der Waals surface area contributed by atoms with Crippen LogP contribution in [0.5, 0.6) is 0 Å². The molecule has 1 atom stereocenters. The SMILES string of the molecule is CCCCC(=O)NC1=c2cccc(NC(=O)CCCC)c2=CC[C@H]1C. The number of hydrogen-bond acceptors (Lipinski definition) is 2. The van der Waals surface area contributed by atoms with Crippen LogP contribution < -0.4 is 21.1 Å². The van der Waals surface area contributed by atoms with Gasteiger partial charge in [0.05, 0.1) is 0 Å². The molecule has 1 aromatic carbocycles. The van der Waals surface area contributed by atoms with E-state index in [0.29, 0.717) is 12.8 Å². The van der Waals surface area contributed by atoms with Gasteiger partial charge in [0.25, 0.3) is 0 Å². The summed E-state index contributed by atoms with van der Waals surface area (Å²) in [5, 5.41) is 8.20. The van der Waals surface area contributed by atoms with Crippen molar-refractivity contribution < 1.29 is 9.59 Å². The summed E-state index contributed by atoms with van der Waals surface area (Å²) in [5.41, 5.74) is 1.81. The third-order valence-electron chi connectivity index (χ3n) is 4.63. The lowest BCUT2D eigenvalue weighted by molar-refractivity contribution is -0.120. The molecule has 0 spiro atoms. The van der Waals surface area contributed by atoms with Gasteiger partial charge in [0.1, 0.15) is 0 Å². The van der Waals surface area contributed by atoms with Gasteiger partial charge in [0, 0.05) is 40.6 Å². The lowest BCUT2D eigenvalue weighted by atomic mass is 9.94. The van der Waals surface area contributed by atoms with E-state index in [-0.39, 0.29) is 17.7 Å². The predicted molar refractivity (Wildman–Crippen MR) is 103 cm³/mol. The van der Waals surface area contributed by atoms with Gasteiger partial charge in [-0.05, 0) is 25.3 Å². The Morgan fingerprint density at radius 3 is 2.32 bits per heavy atom. The van der Waals surface area contributed by atoms with Crippen LogP contribution in [0, 0.1) is 5.92 Å². The summed E-state index contributed by atoms with van der Waals surface area (Å²) in [7, 11) is 0. The highest BCUT2D eigenvalue weighted by Crippen LogP contribution is 2.16. The highest BCUT2D eigenvalue weighted by atomic mass is 16.2. The number of hydrogen-bond donors (Lipinski definition) is 2. The largest absolute Gasteiger partial charge is 0.329 e. The zero-order valence-corrected chi connectivity index (χ0v) is 15.7. The summed E-state index contributed by atoms with van der Waals surface area (Å²) in [5.74, 6) is 0.397. The molecule has 0 saturated heterocycles. The number of carbonyl (C=O) groups is 2. The third kappa shape index (κ3) is 5.18. The van der Waals surface area contributed by atoms with Crippen molar-refractivity contribution in [2.24, 2.45) is 5.92 Å². The van der Waals surface area contributed by atoms with E-state index < -0.39 is 0 Å². The molecule has 136 valence electrons. The van der Waals surface area contributed by atoms with Gasteiger partial charge in [-0.2, -0.15) is 0 Å². The van der Waals surface area contributed by atoms with E-state index in [4.69, 9.17) is 0 Å². The van der Waals surface area contributed by atoms with E-state index in [1.165, 1.54) is 0 Å². The Balaban J connectivity index is 2.31. The van der Waals surface area contributed by atoms with Crippen molar-refractivity contribution in [2.45, 2.75) is 65.7 Å². The van der Waals surface area contributed by atoms with Crippen LogP contribution in [0.15, 0.2) is 18.2 Å². The number of amides is 2. The number of carbonyl (C=O) groups excluding carboxylic acids is 2. The first-order chi connectivity index (χ1) is 12.1. The molecule has 1 aliphatic carbocycles. The highest BCUT2D eigenvalue weighted by Gasteiger charge is 2.17. The topological polar surface area (TPSA) is 58.2 Å². The minimum absolute atomic E-state index is 0.0517. The van der Waals surface area contributed by atoms with Crippen LogP contribution in [-0.2, 0) is 9.59 Å². The first-order valence-electron chi connectivity index (χ1n) is 9.49. The van der Waals surface area contributed by atoms with Crippen LogP contribution in [0.4, 0.5) is 5.69 Å². The van der Waals surface area contributed by atoms with E-state index in [1.807, 2.05) is 18.2 Å². The van der Waals surface area contributed by atoms with Crippen LogP contribution in [0.1, 0.15) is 65.7 Å². The van der Waals surface area contributed by atoms with Crippen molar-refractivity contribution in [1.29, 1.82) is 0 Å². The maximum Gasteiger partial charge on any atom is 0.224 e. The normalized spacial score (nSPS) is 16.0. The molecule has 0 aromatic heterocycles. The molecule has 0 radical (unpaired) electrons. The van der Waals surface area contributed by atoms with Crippen LogP contribution in [0.2, 0.25) is 0 Å². The van der Waals surface area contributed by atoms with Gasteiger partial charge in [-0.25, -0.2) is 0 Å². The van der Waals surface area contributed by atoms with E-state index in [2.05, 4.69) is 37.5 Å². The van der Waals surface area contributed by atoms with Gasteiger partial charge in [-0.15, -0.1) is 0 Å². The number of unbranched alkanes of at least 4 members (excludes halogenated alkanes) is 2. The number of anilines is 1. The van der Waals surface area contributed by atoms with Gasteiger partial charge in [0.15, 0.2) is 0 Å². The average Bonchev–Trinajstić information content (AvgIpc) is 2.60. The van der Waals surface area contributed by atoms with Crippen molar-refractivity contribution in [3.05, 3.63) is 28.6 Å². The van der Waals surface area contributed by atoms with Gasteiger partial charge in [-0.3, -0.25) is 9.59 Å². The minimum Gasteiger partial charge on any atom is -0.329 e. The molecule has 1 aliphatic rings. The van der Waals surface area contributed by atoms with Crippen molar-refractivity contribution in [3.63, 3.8) is 0 Å². The van der Waals surface area contributed by atoms with Gasteiger partial charge >= 0.3 is 0 Å². The summed E-state index contributed by atoms with van der Waals surface area (Å²) >= 11 is 0. The second kappa shape index (κ2) is 9.40. The smallest absolute Gasteiger partial charge is 0.224 e. The number of benzene rings is 1. The quantitative estimate of drug-likeness (QED) is 0.763. The zero-order valence-electron chi connectivity index (χ0n) is 15.7. The Morgan fingerprint density at radius 2 is 1.68 bits per heavy atom. The van der Waals surface area contributed by atoms with Crippen molar-refractivity contribution in [1.82, 2.24) is 5.32 Å². The fourth-order valence-electron chi connectivity index (χ4n) is 3.10. The molecule has 0 bridgehead atoms. The molecular weight excluding hydrogens is 312 g/mol. The van der Waals surface area contributed by atoms with Crippen LogP contribution in [-0.4, -0.2) is 11.8 Å². The summed E-state index contributed by atoms with van der Waals surface area (Å²) in [6.45, 7) is 6.29. The second-order valence-electron chi connectivity index (χ2n) is 6.82. The third-order valence-corrected chi connectivity index (χ3v) is 4.63. The monoisotopic (exact) mass is 342 g/mol. The fourth-order valence-corrected chi connectivity index (χ4v) is 3.10. The maximum atomic E-state index is 12.2. The number of nitrogens with one attached hydrogen (secondary N) is 2. The zero-order chi connectivity index (χ0) is 18.2. The Labute approximate surface area is 150 Å². The lowest BCUT2D eigenvalue weighted by Crippen LogP contribution is -2.41. The summed E-state index contributed by atoms with van der Waals surface area (Å²) in [4.78, 5) is 24.3. The molecule has 0 saturated carbocycles. The van der Waals surface area contributed by atoms with Crippen LogP contribution in [0.3, 0.4) is 0 Å². The molecule has 0 fully saturated rings. The summed E-state index contributed by atoms with van der Waals surface area (Å²) < 4.78 is 0. The summed E-state index contributed by atoms with van der Waals surface area (Å²) in [6, 6.07) is 5.91. The van der Waals surface area contributed by atoms with Crippen molar-refractivity contribution in [3.8, 4) is 0 Å². The Morgan fingerprint density at radius 1 is 1.04 bits per heavy atom. The second-order valence-corrected chi connectivity index (χ2v) is 6.82. The Kier molecular flexibility index (Phi) is 7.23. The molecule has 4 heteroatoms. The minimum atomic E-state index is 0.0517. The van der Waals surface area contributed by atoms with Crippen molar-refractivity contribution >= 4 is 29.3 Å². The van der Waals surface area contributed by atoms with E-state index in [0.717, 1.165) is 53.9 Å². The van der Waals surface area contributed by atoms with Gasteiger partial charge in [-0.1, -0.05) is 51.8 Å². The number of fused-ring (bicyclic) bond motifs is 1. The molecule has 2 amide bonds. The molecule has 25 heavy (non-hydrogen) atoms. The molecule has 0 heterocycles. The molecule has 4 nitrogen and oxygen atoms in total. The maximum absolute atomic E-state index is 12.2. The van der Waals surface area contributed by atoms with Gasteiger partial charge in [0.2, 0.25) is 11.8 Å². The van der Waals surface area contributed by atoms with E-state index >= 15 is 0 Å². The fraction of sp³-hybridized carbons (Fsp3) is 0.524. The first kappa shape index (κ1) is 19.2. The highest BCUT2D eigenvalue weighted by molar-refractivity contribution is 5.91. The average molecular weight is 342 g/mol. The molecule has 1 aromatic rings. The molecule has 0 unspecified atom stereocenters. The van der Waals surface area contributed by atoms with E-state index in [1.54, 1.807) is 0 Å². The van der Waals surface area contributed by atoms with E-state index in [9.17, 15) is 9.59 Å².